The van der Waals surface area contributed by atoms with Gasteiger partial charge in [-0.3, -0.25) is 8.86 Å². The van der Waals surface area contributed by atoms with E-state index >= 15 is 0 Å². The maximum atomic E-state index is 12.9. The highest BCUT2D eigenvalue weighted by atomic mass is 32.2. The van der Waals surface area contributed by atoms with E-state index in [0.29, 0.717) is 18.7 Å². The Morgan fingerprint density at radius 3 is 2.63 bits per heavy atom. The van der Waals surface area contributed by atoms with Crippen LogP contribution in [-0.4, -0.2) is 31.9 Å². The van der Waals surface area contributed by atoms with Gasteiger partial charge >= 0.3 is 0 Å². The number of hydrogen-bond acceptors (Lipinski definition) is 6. The SMILES string of the molecule is COc1ccc(Cn2ncc3c2COCC3OS(=O)(=O)c2ccc(C)cc2C)cc1. The van der Waals surface area contributed by atoms with E-state index in [9.17, 15) is 8.42 Å². The quantitative estimate of drug-likeness (QED) is 0.559. The Bertz CT molecular complexity index is 1150. The highest BCUT2D eigenvalue weighted by Gasteiger charge is 2.31. The molecular weight excluding hydrogens is 404 g/mol. The molecule has 0 amide bonds. The van der Waals surface area contributed by atoms with Crippen LogP contribution in [0.4, 0.5) is 0 Å². The maximum Gasteiger partial charge on any atom is 0.297 e. The van der Waals surface area contributed by atoms with E-state index in [1.807, 2.05) is 41.9 Å². The summed E-state index contributed by atoms with van der Waals surface area (Å²) >= 11 is 0. The fraction of sp³-hybridized carbons (Fsp3) is 0.318. The predicted molar refractivity (Wildman–Crippen MR) is 111 cm³/mol. The zero-order valence-electron chi connectivity index (χ0n) is 17.2. The fourth-order valence-electron chi connectivity index (χ4n) is 3.61. The highest BCUT2D eigenvalue weighted by Crippen LogP contribution is 2.32. The third-order valence-corrected chi connectivity index (χ3v) is 6.65. The van der Waals surface area contributed by atoms with Crippen LogP contribution < -0.4 is 4.74 Å². The fourth-order valence-corrected chi connectivity index (χ4v) is 4.87. The van der Waals surface area contributed by atoms with Gasteiger partial charge in [0.1, 0.15) is 11.9 Å². The largest absolute Gasteiger partial charge is 0.497 e. The number of rotatable bonds is 6. The molecule has 2 heterocycles. The van der Waals surface area contributed by atoms with E-state index in [0.717, 1.165) is 28.1 Å². The lowest BCUT2D eigenvalue weighted by Gasteiger charge is -2.23. The summed E-state index contributed by atoms with van der Waals surface area (Å²) in [6, 6.07) is 12.9. The molecular formula is C22H24N2O5S. The molecule has 0 fully saturated rings. The van der Waals surface area contributed by atoms with Crippen molar-refractivity contribution in [1.29, 1.82) is 0 Å². The summed E-state index contributed by atoms with van der Waals surface area (Å²) in [5, 5.41) is 4.45. The molecule has 0 spiro atoms. The lowest BCUT2D eigenvalue weighted by molar-refractivity contribution is 0.0222. The van der Waals surface area contributed by atoms with E-state index in [4.69, 9.17) is 13.7 Å². The summed E-state index contributed by atoms with van der Waals surface area (Å²) in [6.45, 7) is 4.74. The second-order valence-corrected chi connectivity index (χ2v) is 8.92. The monoisotopic (exact) mass is 428 g/mol. The van der Waals surface area contributed by atoms with Gasteiger partial charge in [-0.15, -0.1) is 0 Å². The van der Waals surface area contributed by atoms with Gasteiger partial charge in [-0.05, 0) is 43.2 Å². The number of hydrogen-bond donors (Lipinski definition) is 0. The first-order valence-corrected chi connectivity index (χ1v) is 11.0. The molecule has 8 heteroatoms. The summed E-state index contributed by atoms with van der Waals surface area (Å²) in [4.78, 5) is 0.172. The van der Waals surface area contributed by atoms with Gasteiger partial charge in [0, 0.05) is 5.56 Å². The number of nitrogens with zero attached hydrogens (tertiary/aromatic N) is 2. The van der Waals surface area contributed by atoms with Gasteiger partial charge in [-0.2, -0.15) is 13.5 Å². The summed E-state index contributed by atoms with van der Waals surface area (Å²) in [6.07, 6.45) is 0.938. The summed E-state index contributed by atoms with van der Waals surface area (Å²) in [7, 11) is -2.31. The molecule has 0 radical (unpaired) electrons. The molecule has 0 bridgehead atoms. The Balaban J connectivity index is 1.57. The first-order chi connectivity index (χ1) is 14.4. The van der Waals surface area contributed by atoms with E-state index in [-0.39, 0.29) is 11.5 Å². The average Bonchev–Trinajstić information content (AvgIpc) is 3.12. The van der Waals surface area contributed by atoms with Crippen LogP contribution in [0.25, 0.3) is 0 Å². The van der Waals surface area contributed by atoms with Crippen LogP contribution in [0.1, 0.15) is 34.1 Å². The van der Waals surface area contributed by atoms with Crippen LogP contribution >= 0.6 is 0 Å². The van der Waals surface area contributed by atoms with Crippen molar-refractivity contribution >= 4 is 10.1 Å². The van der Waals surface area contributed by atoms with Crippen LogP contribution in [0.15, 0.2) is 53.6 Å². The zero-order chi connectivity index (χ0) is 21.3. The molecule has 0 saturated carbocycles. The summed E-state index contributed by atoms with van der Waals surface area (Å²) in [5.74, 6) is 0.787. The Kier molecular flexibility index (Phi) is 5.64. The Labute approximate surface area is 176 Å². The van der Waals surface area contributed by atoms with Gasteiger partial charge < -0.3 is 9.47 Å². The molecule has 0 saturated heterocycles. The molecule has 30 heavy (non-hydrogen) atoms. The molecule has 7 nitrogen and oxygen atoms in total. The van der Waals surface area contributed by atoms with Gasteiger partial charge in [-0.25, -0.2) is 0 Å². The predicted octanol–water partition coefficient (Wildman–Crippen LogP) is 3.53. The van der Waals surface area contributed by atoms with Gasteiger partial charge in [0.05, 0.1) is 43.7 Å². The lowest BCUT2D eigenvalue weighted by atomic mass is 10.1. The van der Waals surface area contributed by atoms with Crippen LogP contribution in [0.5, 0.6) is 5.75 Å². The minimum Gasteiger partial charge on any atom is -0.497 e. The van der Waals surface area contributed by atoms with Crippen molar-refractivity contribution in [1.82, 2.24) is 9.78 Å². The second kappa shape index (κ2) is 8.22. The molecule has 1 atom stereocenters. The van der Waals surface area contributed by atoms with E-state index in [1.54, 1.807) is 32.4 Å². The number of fused-ring (bicyclic) bond motifs is 1. The third kappa shape index (κ3) is 4.12. The smallest absolute Gasteiger partial charge is 0.297 e. The van der Waals surface area contributed by atoms with Crippen molar-refractivity contribution in [2.75, 3.05) is 13.7 Å². The van der Waals surface area contributed by atoms with E-state index in [2.05, 4.69) is 5.10 Å². The van der Waals surface area contributed by atoms with Crippen molar-refractivity contribution < 1.29 is 22.1 Å². The molecule has 1 aliphatic heterocycles. The number of benzene rings is 2. The highest BCUT2D eigenvalue weighted by molar-refractivity contribution is 7.86. The first kappa shape index (κ1) is 20.6. The first-order valence-electron chi connectivity index (χ1n) is 9.63. The van der Waals surface area contributed by atoms with Gasteiger partial charge in [-0.1, -0.05) is 29.8 Å². The number of ether oxygens (including phenoxy) is 2. The molecule has 1 aliphatic rings. The maximum absolute atomic E-state index is 12.9. The Hall–Kier alpha value is -2.68. The van der Waals surface area contributed by atoms with Crippen molar-refractivity contribution in [2.24, 2.45) is 0 Å². The third-order valence-electron chi connectivity index (χ3n) is 5.17. The normalized spacial score (nSPS) is 16.3. The van der Waals surface area contributed by atoms with Crippen molar-refractivity contribution in [3.8, 4) is 5.75 Å². The molecule has 3 aromatic rings. The number of aromatic nitrogens is 2. The standard InChI is InChI=1S/C22H24N2O5S/c1-15-4-9-22(16(2)10-15)30(25,26)29-21-14-28-13-20-19(21)11-23-24(20)12-17-5-7-18(27-3)8-6-17/h4-11,21H,12-14H2,1-3H3. The summed E-state index contributed by atoms with van der Waals surface area (Å²) < 4.78 is 44.0. The lowest BCUT2D eigenvalue weighted by Crippen LogP contribution is -2.23. The zero-order valence-corrected chi connectivity index (χ0v) is 18.0. The van der Waals surface area contributed by atoms with Crippen LogP contribution in [0.2, 0.25) is 0 Å². The molecule has 158 valence electrons. The van der Waals surface area contributed by atoms with Crippen molar-refractivity contribution in [2.45, 2.75) is 38.0 Å². The molecule has 1 unspecified atom stereocenters. The van der Waals surface area contributed by atoms with E-state index in [1.165, 1.54) is 0 Å². The molecule has 1 aromatic heterocycles. The van der Waals surface area contributed by atoms with Gasteiger partial charge in [0.2, 0.25) is 0 Å². The van der Waals surface area contributed by atoms with Crippen molar-refractivity contribution in [3.05, 3.63) is 76.6 Å². The topological polar surface area (TPSA) is 79.7 Å². The summed E-state index contributed by atoms with van der Waals surface area (Å²) in [5.41, 5.74) is 4.25. The van der Waals surface area contributed by atoms with Crippen LogP contribution in [0, 0.1) is 13.8 Å². The number of methoxy groups -OCH3 is 1. The minimum atomic E-state index is -3.94. The van der Waals surface area contributed by atoms with Crippen LogP contribution in [0.3, 0.4) is 0 Å². The van der Waals surface area contributed by atoms with Crippen molar-refractivity contribution in [3.63, 3.8) is 0 Å². The molecule has 0 N–H and O–H groups in total. The van der Waals surface area contributed by atoms with Gasteiger partial charge in [0.25, 0.3) is 10.1 Å². The Morgan fingerprint density at radius 2 is 1.93 bits per heavy atom. The van der Waals surface area contributed by atoms with E-state index < -0.39 is 16.2 Å². The average molecular weight is 429 g/mol. The van der Waals surface area contributed by atoms with Crippen LogP contribution in [-0.2, 0) is 32.2 Å². The second-order valence-electron chi connectivity index (χ2n) is 7.38. The molecule has 0 aliphatic carbocycles. The van der Waals surface area contributed by atoms with Gasteiger partial charge in [0.15, 0.2) is 0 Å². The number of aryl methyl sites for hydroxylation is 2. The molecule has 2 aromatic carbocycles. The Morgan fingerprint density at radius 1 is 1.17 bits per heavy atom. The molecule has 4 rings (SSSR count). The minimum absolute atomic E-state index is 0.158.